The second-order valence-electron chi connectivity index (χ2n) is 5.48. The molecule has 1 aromatic rings. The molecule has 1 aromatic carbocycles. The fraction of sp³-hybridized carbons (Fsp3) is 0.529. The smallest absolute Gasteiger partial charge is 0.323 e. The van der Waals surface area contributed by atoms with Gasteiger partial charge in [-0.3, -0.25) is 14.5 Å². The quantitative estimate of drug-likeness (QED) is 0.740. The number of hydrogen-bond acceptors (Lipinski definition) is 7. The third-order valence-corrected chi connectivity index (χ3v) is 4.07. The number of carbonyl (C=O) groups is 2. The molecule has 1 fully saturated rings. The number of likely N-dealkylation sites (N-methyl/N-ethyl adjacent to an activating group) is 1. The molecule has 0 bridgehead atoms. The SMILES string of the molecule is CCN1CCOC(=O)[C@@H]1CC(=O)Nc1cc(OC)c(OC)c(OC)c1. The maximum absolute atomic E-state index is 12.4. The number of esters is 1. The first-order valence-corrected chi connectivity index (χ1v) is 8.04. The molecule has 1 aliphatic heterocycles. The summed E-state index contributed by atoms with van der Waals surface area (Å²) in [5, 5.41) is 2.77. The summed E-state index contributed by atoms with van der Waals surface area (Å²) < 4.78 is 20.8. The summed E-state index contributed by atoms with van der Waals surface area (Å²) in [6.07, 6.45) is 0.0172. The van der Waals surface area contributed by atoms with Crippen molar-refractivity contribution >= 4 is 17.6 Å². The summed E-state index contributed by atoms with van der Waals surface area (Å²) in [5.41, 5.74) is 0.492. The molecule has 1 aliphatic rings. The van der Waals surface area contributed by atoms with Crippen molar-refractivity contribution in [3.05, 3.63) is 12.1 Å². The van der Waals surface area contributed by atoms with Gasteiger partial charge < -0.3 is 24.3 Å². The summed E-state index contributed by atoms with van der Waals surface area (Å²) in [7, 11) is 4.51. The summed E-state index contributed by atoms with van der Waals surface area (Å²) in [5.74, 6) is 0.648. The van der Waals surface area contributed by atoms with E-state index in [1.165, 1.54) is 21.3 Å². The zero-order valence-electron chi connectivity index (χ0n) is 15.0. The van der Waals surface area contributed by atoms with E-state index in [2.05, 4.69) is 5.32 Å². The van der Waals surface area contributed by atoms with E-state index in [-0.39, 0.29) is 18.3 Å². The number of amides is 1. The van der Waals surface area contributed by atoms with Crippen molar-refractivity contribution in [2.75, 3.05) is 46.3 Å². The molecule has 8 heteroatoms. The monoisotopic (exact) mass is 352 g/mol. The minimum absolute atomic E-state index is 0.0172. The largest absolute Gasteiger partial charge is 0.493 e. The van der Waals surface area contributed by atoms with E-state index in [0.717, 1.165) is 0 Å². The van der Waals surface area contributed by atoms with Crippen LogP contribution in [0.5, 0.6) is 17.2 Å². The molecule has 1 amide bonds. The molecular weight excluding hydrogens is 328 g/mol. The number of nitrogens with zero attached hydrogens (tertiary/aromatic N) is 1. The first kappa shape index (κ1) is 18.9. The normalized spacial score (nSPS) is 17.6. The molecule has 0 saturated carbocycles. The fourth-order valence-electron chi connectivity index (χ4n) is 2.80. The van der Waals surface area contributed by atoms with Crippen LogP contribution in [0.3, 0.4) is 0 Å². The van der Waals surface area contributed by atoms with Crippen LogP contribution >= 0.6 is 0 Å². The highest BCUT2D eigenvalue weighted by atomic mass is 16.5. The van der Waals surface area contributed by atoms with E-state index in [9.17, 15) is 9.59 Å². The lowest BCUT2D eigenvalue weighted by atomic mass is 10.1. The second-order valence-corrected chi connectivity index (χ2v) is 5.48. The fourth-order valence-corrected chi connectivity index (χ4v) is 2.80. The predicted molar refractivity (Wildman–Crippen MR) is 91.3 cm³/mol. The Morgan fingerprint density at radius 3 is 2.40 bits per heavy atom. The van der Waals surface area contributed by atoms with Crippen molar-refractivity contribution < 1.29 is 28.5 Å². The first-order valence-electron chi connectivity index (χ1n) is 8.04. The minimum atomic E-state index is -0.569. The number of hydrogen-bond donors (Lipinski definition) is 1. The third kappa shape index (κ3) is 4.33. The van der Waals surface area contributed by atoms with Gasteiger partial charge in [-0.05, 0) is 6.54 Å². The molecule has 8 nitrogen and oxygen atoms in total. The molecule has 138 valence electrons. The number of carbonyl (C=O) groups excluding carboxylic acids is 2. The average Bonchev–Trinajstić information content (AvgIpc) is 2.62. The molecule has 2 rings (SSSR count). The standard InChI is InChI=1S/C17H24N2O6/c1-5-19-6-7-25-17(21)12(19)10-15(20)18-11-8-13(22-2)16(24-4)14(9-11)23-3/h8-9,12H,5-7,10H2,1-4H3,(H,18,20)/t12-/m0/s1. The van der Waals surface area contributed by atoms with Crippen molar-refractivity contribution in [3.8, 4) is 17.2 Å². The van der Waals surface area contributed by atoms with Crippen molar-refractivity contribution in [2.45, 2.75) is 19.4 Å². The number of cyclic esters (lactones) is 1. The van der Waals surface area contributed by atoms with Crippen LogP contribution in [-0.4, -0.2) is 63.8 Å². The van der Waals surface area contributed by atoms with Crippen LogP contribution in [0.4, 0.5) is 5.69 Å². The van der Waals surface area contributed by atoms with Gasteiger partial charge in [-0.15, -0.1) is 0 Å². The molecule has 25 heavy (non-hydrogen) atoms. The number of rotatable bonds is 7. The maximum atomic E-state index is 12.4. The Morgan fingerprint density at radius 2 is 1.88 bits per heavy atom. The van der Waals surface area contributed by atoms with Crippen LogP contribution in [-0.2, 0) is 14.3 Å². The van der Waals surface area contributed by atoms with E-state index in [0.29, 0.717) is 42.6 Å². The van der Waals surface area contributed by atoms with Crippen LogP contribution in [0.1, 0.15) is 13.3 Å². The number of morpholine rings is 1. The molecule has 0 aliphatic carbocycles. The lowest BCUT2D eigenvalue weighted by Gasteiger charge is -2.32. The van der Waals surface area contributed by atoms with E-state index >= 15 is 0 Å². The first-order chi connectivity index (χ1) is 12.0. The van der Waals surface area contributed by atoms with Crippen LogP contribution < -0.4 is 19.5 Å². The molecule has 1 heterocycles. The second kappa shape index (κ2) is 8.57. The Bertz CT molecular complexity index is 609. The Balaban J connectivity index is 2.13. The van der Waals surface area contributed by atoms with Crippen molar-refractivity contribution in [1.29, 1.82) is 0 Å². The molecule has 1 N–H and O–H groups in total. The number of benzene rings is 1. The van der Waals surface area contributed by atoms with E-state index in [4.69, 9.17) is 18.9 Å². The number of nitrogens with one attached hydrogen (secondary N) is 1. The predicted octanol–water partition coefficient (Wildman–Crippen LogP) is 1.29. The molecule has 0 aromatic heterocycles. The Hall–Kier alpha value is -2.48. The maximum Gasteiger partial charge on any atom is 0.323 e. The molecule has 1 saturated heterocycles. The highest BCUT2D eigenvalue weighted by molar-refractivity contribution is 5.95. The highest BCUT2D eigenvalue weighted by Crippen LogP contribution is 2.39. The van der Waals surface area contributed by atoms with Gasteiger partial charge in [0.1, 0.15) is 12.6 Å². The van der Waals surface area contributed by atoms with E-state index in [1.807, 2.05) is 11.8 Å². The van der Waals surface area contributed by atoms with Crippen molar-refractivity contribution in [2.24, 2.45) is 0 Å². The zero-order chi connectivity index (χ0) is 18.4. The number of ether oxygens (including phenoxy) is 4. The van der Waals surface area contributed by atoms with Crippen LogP contribution in [0.2, 0.25) is 0 Å². The van der Waals surface area contributed by atoms with Gasteiger partial charge in [-0.25, -0.2) is 0 Å². The minimum Gasteiger partial charge on any atom is -0.493 e. The van der Waals surface area contributed by atoms with Gasteiger partial charge in [0.15, 0.2) is 11.5 Å². The van der Waals surface area contributed by atoms with Crippen LogP contribution in [0, 0.1) is 0 Å². The lowest BCUT2D eigenvalue weighted by Crippen LogP contribution is -2.50. The van der Waals surface area contributed by atoms with Crippen molar-refractivity contribution in [3.63, 3.8) is 0 Å². The summed E-state index contributed by atoms with van der Waals surface area (Å²) >= 11 is 0. The van der Waals surface area contributed by atoms with Gasteiger partial charge in [-0.2, -0.15) is 0 Å². The van der Waals surface area contributed by atoms with Gasteiger partial charge in [0.2, 0.25) is 11.7 Å². The molecule has 1 atom stereocenters. The van der Waals surface area contributed by atoms with Gasteiger partial charge in [0.25, 0.3) is 0 Å². The lowest BCUT2D eigenvalue weighted by molar-refractivity contribution is -0.158. The van der Waals surface area contributed by atoms with Crippen molar-refractivity contribution in [1.82, 2.24) is 4.90 Å². The van der Waals surface area contributed by atoms with Gasteiger partial charge in [0.05, 0.1) is 27.8 Å². The Labute approximate surface area is 147 Å². The molecule has 0 unspecified atom stereocenters. The van der Waals surface area contributed by atoms with Crippen LogP contribution in [0.15, 0.2) is 12.1 Å². The van der Waals surface area contributed by atoms with E-state index < -0.39 is 6.04 Å². The van der Waals surface area contributed by atoms with E-state index in [1.54, 1.807) is 12.1 Å². The third-order valence-electron chi connectivity index (χ3n) is 4.07. The summed E-state index contributed by atoms with van der Waals surface area (Å²) in [6, 6.07) is 2.70. The summed E-state index contributed by atoms with van der Waals surface area (Å²) in [6.45, 7) is 3.61. The van der Waals surface area contributed by atoms with Gasteiger partial charge in [-0.1, -0.05) is 6.92 Å². The Kier molecular flexibility index (Phi) is 6.46. The highest BCUT2D eigenvalue weighted by Gasteiger charge is 2.32. The molecule has 0 spiro atoms. The Morgan fingerprint density at radius 1 is 1.24 bits per heavy atom. The molecule has 0 radical (unpaired) electrons. The van der Waals surface area contributed by atoms with Gasteiger partial charge >= 0.3 is 5.97 Å². The average molecular weight is 352 g/mol. The number of methoxy groups -OCH3 is 3. The molecular formula is C17H24N2O6. The number of anilines is 1. The topological polar surface area (TPSA) is 86.3 Å². The zero-order valence-corrected chi connectivity index (χ0v) is 15.0. The van der Waals surface area contributed by atoms with Crippen LogP contribution in [0.25, 0.3) is 0 Å². The van der Waals surface area contributed by atoms with Gasteiger partial charge in [0, 0.05) is 24.4 Å². The summed E-state index contributed by atoms with van der Waals surface area (Å²) in [4.78, 5) is 26.2.